The fourth-order valence-electron chi connectivity index (χ4n) is 0.730. The molecule has 1 rings (SSSR count). The quantitative estimate of drug-likeness (QED) is 0.624. The first-order valence-electron chi connectivity index (χ1n) is 3.74. The molecule has 0 atom stereocenters. The second kappa shape index (κ2) is 4.26. The Hall–Kier alpha value is -2.05. The molecule has 0 aromatic carbocycles. The summed E-state index contributed by atoms with van der Waals surface area (Å²) in [4.78, 5) is 24.0. The summed E-state index contributed by atoms with van der Waals surface area (Å²) < 4.78 is 4.71. The van der Waals surface area contributed by atoms with Gasteiger partial charge in [-0.1, -0.05) is 0 Å². The highest BCUT2D eigenvalue weighted by Crippen LogP contribution is 2.06. The van der Waals surface area contributed by atoms with E-state index in [-0.39, 0.29) is 24.7 Å². The summed E-state index contributed by atoms with van der Waals surface area (Å²) in [5.74, 6) is -2.15. The lowest BCUT2D eigenvalue weighted by Gasteiger charge is -1.96. The van der Waals surface area contributed by atoms with E-state index in [4.69, 9.17) is 14.6 Å². The number of aromatic nitrogens is 1. The van der Waals surface area contributed by atoms with Gasteiger partial charge >= 0.3 is 11.9 Å². The maximum absolute atomic E-state index is 10.4. The summed E-state index contributed by atoms with van der Waals surface area (Å²) in [5.41, 5.74) is -0.220. The van der Waals surface area contributed by atoms with Gasteiger partial charge in [0, 0.05) is 6.54 Å². The van der Waals surface area contributed by atoms with Crippen LogP contribution in [0.1, 0.15) is 16.9 Å². The average molecular weight is 200 g/mol. The number of aromatic carboxylic acids is 1. The van der Waals surface area contributed by atoms with Gasteiger partial charge < -0.3 is 19.9 Å². The predicted molar refractivity (Wildman–Crippen MR) is 44.2 cm³/mol. The number of carboxylic acid groups (broad SMARTS) is 2. The van der Waals surface area contributed by atoms with E-state index in [2.05, 4.69) is 10.3 Å². The lowest BCUT2D eigenvalue weighted by molar-refractivity contribution is -0.136. The molecule has 76 valence electrons. The maximum atomic E-state index is 10.4. The highest BCUT2D eigenvalue weighted by Gasteiger charge is 2.09. The van der Waals surface area contributed by atoms with Crippen molar-refractivity contribution in [3.63, 3.8) is 0 Å². The van der Waals surface area contributed by atoms with Crippen molar-refractivity contribution in [2.24, 2.45) is 0 Å². The molecule has 0 saturated heterocycles. The third kappa shape index (κ3) is 2.77. The van der Waals surface area contributed by atoms with Gasteiger partial charge in [0.15, 0.2) is 5.69 Å². The Bertz CT molecular complexity index is 346. The monoisotopic (exact) mass is 200 g/mol. The molecule has 0 saturated carbocycles. The summed E-state index contributed by atoms with van der Waals surface area (Å²) in [7, 11) is 0. The van der Waals surface area contributed by atoms with Gasteiger partial charge in [-0.3, -0.25) is 4.79 Å². The molecule has 0 bridgehead atoms. The lowest BCUT2D eigenvalue weighted by atomic mass is 10.4. The van der Waals surface area contributed by atoms with Crippen molar-refractivity contribution >= 4 is 18.0 Å². The molecule has 0 radical (unpaired) electrons. The van der Waals surface area contributed by atoms with E-state index < -0.39 is 11.9 Å². The topological polar surface area (TPSA) is 113 Å². The second-order valence-corrected chi connectivity index (χ2v) is 2.41. The van der Waals surface area contributed by atoms with Crippen LogP contribution in [0.15, 0.2) is 10.7 Å². The van der Waals surface area contributed by atoms with Crippen molar-refractivity contribution in [2.45, 2.75) is 6.42 Å². The molecule has 0 aliphatic rings. The number of anilines is 1. The summed E-state index contributed by atoms with van der Waals surface area (Å²) in [6.45, 7) is 0.134. The van der Waals surface area contributed by atoms with Crippen LogP contribution in [0, 0.1) is 0 Å². The van der Waals surface area contributed by atoms with Crippen molar-refractivity contribution in [1.29, 1.82) is 0 Å². The number of aliphatic carboxylic acids is 1. The van der Waals surface area contributed by atoms with Crippen LogP contribution in [0.3, 0.4) is 0 Å². The van der Waals surface area contributed by atoms with Crippen LogP contribution in [0.4, 0.5) is 6.01 Å². The van der Waals surface area contributed by atoms with Gasteiger partial charge in [-0.2, -0.15) is 4.98 Å². The predicted octanol–water partition coefficient (Wildman–Crippen LogP) is 0.259. The van der Waals surface area contributed by atoms with Crippen LogP contribution in [-0.2, 0) is 4.79 Å². The fourth-order valence-corrected chi connectivity index (χ4v) is 0.730. The van der Waals surface area contributed by atoms with Crippen molar-refractivity contribution in [3.8, 4) is 0 Å². The SMILES string of the molecule is O=C(O)CCNc1nc(C(=O)O)co1. The van der Waals surface area contributed by atoms with Crippen LogP contribution in [0.25, 0.3) is 0 Å². The number of hydrogen-bond donors (Lipinski definition) is 3. The molecule has 7 nitrogen and oxygen atoms in total. The molecule has 0 unspecified atom stereocenters. The van der Waals surface area contributed by atoms with Crippen molar-refractivity contribution in [3.05, 3.63) is 12.0 Å². The normalized spacial score (nSPS) is 9.71. The van der Waals surface area contributed by atoms with E-state index in [0.29, 0.717) is 0 Å². The standard InChI is InChI=1S/C7H8N2O5/c10-5(11)1-2-8-7-9-4(3-14-7)6(12)13/h3H,1-2H2,(H,8,9)(H,10,11)(H,12,13). The van der Waals surface area contributed by atoms with Crippen LogP contribution in [0.5, 0.6) is 0 Å². The van der Waals surface area contributed by atoms with E-state index in [1.54, 1.807) is 0 Å². The molecule has 1 aromatic heterocycles. The average Bonchev–Trinajstić information content (AvgIpc) is 2.52. The minimum absolute atomic E-state index is 0.00338. The zero-order valence-corrected chi connectivity index (χ0v) is 7.06. The maximum Gasteiger partial charge on any atom is 0.357 e. The van der Waals surface area contributed by atoms with Gasteiger partial charge in [-0.25, -0.2) is 4.79 Å². The van der Waals surface area contributed by atoms with Crippen LogP contribution in [-0.4, -0.2) is 33.7 Å². The molecular weight excluding hydrogens is 192 g/mol. The van der Waals surface area contributed by atoms with Gasteiger partial charge in [-0.05, 0) is 0 Å². The first kappa shape index (κ1) is 10.0. The minimum Gasteiger partial charge on any atom is -0.481 e. The molecule has 0 amide bonds. The van der Waals surface area contributed by atoms with Gasteiger partial charge in [-0.15, -0.1) is 0 Å². The lowest BCUT2D eigenvalue weighted by Crippen LogP contribution is -2.08. The number of carboxylic acids is 2. The first-order valence-corrected chi connectivity index (χ1v) is 3.74. The Morgan fingerprint density at radius 2 is 2.21 bits per heavy atom. The molecule has 0 fully saturated rings. The number of carbonyl (C=O) groups is 2. The second-order valence-electron chi connectivity index (χ2n) is 2.41. The van der Waals surface area contributed by atoms with Crippen molar-refractivity contribution < 1.29 is 24.2 Å². The minimum atomic E-state index is -1.19. The molecule has 1 aromatic rings. The van der Waals surface area contributed by atoms with E-state index in [1.165, 1.54) is 0 Å². The third-order valence-corrected chi connectivity index (χ3v) is 1.34. The Balaban J connectivity index is 2.44. The molecular formula is C7H8N2O5. The van der Waals surface area contributed by atoms with Gasteiger partial charge in [0.1, 0.15) is 6.26 Å². The number of nitrogens with one attached hydrogen (secondary N) is 1. The van der Waals surface area contributed by atoms with E-state index in [1.807, 2.05) is 0 Å². The zero-order valence-electron chi connectivity index (χ0n) is 7.06. The molecule has 7 heteroatoms. The summed E-state index contributed by atoms with van der Waals surface area (Å²) >= 11 is 0. The number of oxazole rings is 1. The molecule has 14 heavy (non-hydrogen) atoms. The Labute approximate surface area is 78.4 Å². The van der Waals surface area contributed by atoms with E-state index in [0.717, 1.165) is 6.26 Å². The third-order valence-electron chi connectivity index (χ3n) is 1.34. The Morgan fingerprint density at radius 3 is 2.71 bits per heavy atom. The summed E-state index contributed by atoms with van der Waals surface area (Å²) in [5, 5.41) is 19.3. The van der Waals surface area contributed by atoms with Crippen molar-refractivity contribution in [1.82, 2.24) is 4.98 Å². The number of nitrogens with zero attached hydrogens (tertiary/aromatic N) is 1. The van der Waals surface area contributed by atoms with Gasteiger partial charge in [0.2, 0.25) is 0 Å². The Morgan fingerprint density at radius 1 is 1.50 bits per heavy atom. The van der Waals surface area contributed by atoms with Crippen LogP contribution in [0.2, 0.25) is 0 Å². The van der Waals surface area contributed by atoms with Crippen molar-refractivity contribution in [2.75, 3.05) is 11.9 Å². The van der Waals surface area contributed by atoms with Gasteiger partial charge in [0.25, 0.3) is 6.01 Å². The largest absolute Gasteiger partial charge is 0.481 e. The zero-order chi connectivity index (χ0) is 10.6. The summed E-state index contributed by atoms with van der Waals surface area (Å²) in [6, 6.07) is 0.00338. The van der Waals surface area contributed by atoms with Gasteiger partial charge in [0.05, 0.1) is 6.42 Å². The fraction of sp³-hybridized carbons (Fsp3) is 0.286. The molecule has 0 spiro atoms. The summed E-state index contributed by atoms with van der Waals surface area (Å²) in [6.07, 6.45) is 0.885. The highest BCUT2D eigenvalue weighted by molar-refractivity contribution is 5.85. The van der Waals surface area contributed by atoms with E-state index >= 15 is 0 Å². The van der Waals surface area contributed by atoms with Crippen LogP contribution < -0.4 is 5.32 Å². The Kier molecular flexibility index (Phi) is 3.05. The smallest absolute Gasteiger partial charge is 0.357 e. The molecule has 0 aliphatic heterocycles. The first-order chi connectivity index (χ1) is 6.59. The molecule has 1 heterocycles. The highest BCUT2D eigenvalue weighted by atomic mass is 16.4. The number of rotatable bonds is 5. The molecule has 3 N–H and O–H groups in total. The van der Waals surface area contributed by atoms with E-state index in [9.17, 15) is 9.59 Å². The number of hydrogen-bond acceptors (Lipinski definition) is 5. The van der Waals surface area contributed by atoms with Crippen LogP contribution >= 0.6 is 0 Å². The molecule has 0 aliphatic carbocycles.